The first kappa shape index (κ1) is 13.3. The standard InChI is InChI=1S/C10H15ClN2O2S/c1-13(6-7-16(2,14)15)10-9(8-11)4-3-5-12-10/h3-5H,6-8H2,1-2H3. The lowest BCUT2D eigenvalue weighted by atomic mass is 10.3. The smallest absolute Gasteiger partial charge is 0.149 e. The number of anilines is 1. The maximum absolute atomic E-state index is 11.0. The number of sulfone groups is 1. The molecule has 16 heavy (non-hydrogen) atoms. The first-order valence-electron chi connectivity index (χ1n) is 4.83. The third-order valence-electron chi connectivity index (χ3n) is 2.17. The average Bonchev–Trinajstić information content (AvgIpc) is 2.25. The molecule has 0 aromatic carbocycles. The number of rotatable bonds is 5. The Hall–Kier alpha value is -0.810. The number of nitrogens with zero attached hydrogens (tertiary/aromatic N) is 2. The van der Waals surface area contributed by atoms with E-state index in [1.165, 1.54) is 6.26 Å². The Morgan fingerprint density at radius 3 is 2.75 bits per heavy atom. The van der Waals surface area contributed by atoms with E-state index in [0.29, 0.717) is 12.4 Å². The fraction of sp³-hybridized carbons (Fsp3) is 0.500. The number of aromatic nitrogens is 1. The molecule has 0 unspecified atom stereocenters. The first-order valence-corrected chi connectivity index (χ1v) is 7.42. The summed E-state index contributed by atoms with van der Waals surface area (Å²) in [6, 6.07) is 3.69. The summed E-state index contributed by atoms with van der Waals surface area (Å²) in [5, 5.41) is 0. The summed E-state index contributed by atoms with van der Waals surface area (Å²) in [6.07, 6.45) is 2.89. The van der Waals surface area contributed by atoms with E-state index < -0.39 is 9.84 Å². The van der Waals surface area contributed by atoms with Crippen molar-refractivity contribution in [3.8, 4) is 0 Å². The zero-order valence-corrected chi connectivity index (χ0v) is 10.9. The van der Waals surface area contributed by atoms with Gasteiger partial charge >= 0.3 is 0 Å². The highest BCUT2D eigenvalue weighted by Crippen LogP contribution is 2.17. The monoisotopic (exact) mass is 262 g/mol. The molecule has 0 radical (unpaired) electrons. The van der Waals surface area contributed by atoms with E-state index in [1.807, 2.05) is 19.2 Å². The molecule has 1 aromatic rings. The Morgan fingerprint density at radius 1 is 1.50 bits per heavy atom. The summed E-state index contributed by atoms with van der Waals surface area (Å²) in [5.74, 6) is 1.22. The number of alkyl halides is 1. The maximum atomic E-state index is 11.0. The summed E-state index contributed by atoms with van der Waals surface area (Å²) >= 11 is 5.78. The van der Waals surface area contributed by atoms with Gasteiger partial charge in [0.25, 0.3) is 0 Å². The third-order valence-corrected chi connectivity index (χ3v) is 3.38. The van der Waals surface area contributed by atoms with Gasteiger partial charge in [-0.1, -0.05) is 6.07 Å². The molecule has 0 saturated heterocycles. The molecule has 6 heteroatoms. The Morgan fingerprint density at radius 2 is 2.19 bits per heavy atom. The lowest BCUT2D eigenvalue weighted by Gasteiger charge is -2.19. The minimum Gasteiger partial charge on any atom is -0.358 e. The first-order chi connectivity index (χ1) is 7.44. The molecule has 90 valence electrons. The van der Waals surface area contributed by atoms with Gasteiger partial charge in [-0.05, 0) is 6.07 Å². The predicted molar refractivity (Wildman–Crippen MR) is 66.8 cm³/mol. The number of hydrogen-bond acceptors (Lipinski definition) is 4. The van der Waals surface area contributed by atoms with Crippen LogP contribution in [0.15, 0.2) is 18.3 Å². The second-order valence-electron chi connectivity index (χ2n) is 3.67. The quantitative estimate of drug-likeness (QED) is 0.751. The van der Waals surface area contributed by atoms with Gasteiger partial charge in [0.05, 0.1) is 11.6 Å². The SMILES string of the molecule is CN(CCS(C)(=O)=O)c1ncccc1CCl. The molecule has 0 aliphatic rings. The van der Waals surface area contributed by atoms with Crippen LogP contribution in [0.2, 0.25) is 0 Å². The molecule has 0 bridgehead atoms. The van der Waals surface area contributed by atoms with Crippen molar-refractivity contribution in [3.63, 3.8) is 0 Å². The normalized spacial score (nSPS) is 11.4. The van der Waals surface area contributed by atoms with E-state index in [4.69, 9.17) is 11.6 Å². The van der Waals surface area contributed by atoms with Gasteiger partial charge in [0.2, 0.25) is 0 Å². The van der Waals surface area contributed by atoms with Crippen molar-refractivity contribution in [2.75, 3.05) is 30.5 Å². The van der Waals surface area contributed by atoms with Crippen LogP contribution < -0.4 is 4.90 Å². The summed E-state index contributed by atoms with van der Waals surface area (Å²) in [6.45, 7) is 0.416. The number of hydrogen-bond donors (Lipinski definition) is 0. The van der Waals surface area contributed by atoms with Crippen LogP contribution in [0.1, 0.15) is 5.56 Å². The van der Waals surface area contributed by atoms with Gasteiger partial charge in [0.1, 0.15) is 15.7 Å². The van der Waals surface area contributed by atoms with Gasteiger partial charge < -0.3 is 4.90 Å². The summed E-state index contributed by atoms with van der Waals surface area (Å²) in [5.41, 5.74) is 0.903. The molecule has 0 fully saturated rings. The molecule has 0 saturated carbocycles. The number of halogens is 1. The van der Waals surface area contributed by atoms with Crippen LogP contribution in [0.5, 0.6) is 0 Å². The largest absolute Gasteiger partial charge is 0.358 e. The van der Waals surface area contributed by atoms with E-state index in [2.05, 4.69) is 4.98 Å². The lowest BCUT2D eigenvalue weighted by molar-refractivity contribution is 0.601. The highest BCUT2D eigenvalue weighted by Gasteiger charge is 2.10. The van der Waals surface area contributed by atoms with Crippen molar-refractivity contribution < 1.29 is 8.42 Å². The summed E-state index contributed by atoms with van der Waals surface area (Å²) in [7, 11) is -1.14. The van der Waals surface area contributed by atoms with Crippen molar-refractivity contribution in [2.45, 2.75) is 5.88 Å². The maximum Gasteiger partial charge on any atom is 0.149 e. The van der Waals surface area contributed by atoms with Crippen LogP contribution in [-0.2, 0) is 15.7 Å². The minimum atomic E-state index is -2.95. The van der Waals surface area contributed by atoms with Gasteiger partial charge in [-0.3, -0.25) is 0 Å². The molecule has 4 nitrogen and oxygen atoms in total. The zero-order valence-electron chi connectivity index (χ0n) is 9.35. The number of pyridine rings is 1. The van der Waals surface area contributed by atoms with Crippen LogP contribution in [-0.4, -0.2) is 39.0 Å². The van der Waals surface area contributed by atoms with Crippen molar-refractivity contribution in [1.29, 1.82) is 0 Å². The molecule has 0 aliphatic heterocycles. The van der Waals surface area contributed by atoms with Crippen LogP contribution in [0.25, 0.3) is 0 Å². The molecule has 1 aromatic heterocycles. The van der Waals surface area contributed by atoms with Gasteiger partial charge in [-0.15, -0.1) is 11.6 Å². The Kier molecular flexibility index (Phi) is 4.56. The van der Waals surface area contributed by atoms with Crippen LogP contribution in [0.3, 0.4) is 0 Å². The molecule has 0 amide bonds. The molecular weight excluding hydrogens is 248 g/mol. The van der Waals surface area contributed by atoms with Crippen molar-refractivity contribution in [1.82, 2.24) is 4.98 Å². The van der Waals surface area contributed by atoms with Gasteiger partial charge in [-0.2, -0.15) is 0 Å². The highest BCUT2D eigenvalue weighted by molar-refractivity contribution is 7.90. The van der Waals surface area contributed by atoms with Gasteiger partial charge in [-0.25, -0.2) is 13.4 Å². The molecule has 0 N–H and O–H groups in total. The third kappa shape index (κ3) is 3.98. The van der Waals surface area contributed by atoms with Crippen LogP contribution in [0.4, 0.5) is 5.82 Å². The van der Waals surface area contributed by atoms with Crippen molar-refractivity contribution in [3.05, 3.63) is 23.9 Å². The fourth-order valence-electron chi connectivity index (χ4n) is 1.29. The Labute approximate surface area is 101 Å². The molecule has 0 aliphatic carbocycles. The van der Waals surface area contributed by atoms with Gasteiger partial charge in [0.15, 0.2) is 0 Å². The second kappa shape index (κ2) is 5.50. The topological polar surface area (TPSA) is 50.3 Å². The van der Waals surface area contributed by atoms with Crippen LogP contribution in [0, 0.1) is 0 Å². The van der Waals surface area contributed by atoms with E-state index >= 15 is 0 Å². The Balaban J connectivity index is 2.76. The van der Waals surface area contributed by atoms with Crippen molar-refractivity contribution >= 4 is 27.3 Å². The fourth-order valence-corrected chi connectivity index (χ4v) is 2.10. The lowest BCUT2D eigenvalue weighted by Crippen LogP contribution is -2.26. The molecular formula is C10H15ClN2O2S. The van der Waals surface area contributed by atoms with E-state index in [0.717, 1.165) is 11.4 Å². The average molecular weight is 263 g/mol. The zero-order chi connectivity index (χ0) is 12.2. The van der Waals surface area contributed by atoms with E-state index in [1.54, 1.807) is 11.1 Å². The van der Waals surface area contributed by atoms with Gasteiger partial charge in [0, 0.05) is 31.6 Å². The second-order valence-corrected chi connectivity index (χ2v) is 6.20. The summed E-state index contributed by atoms with van der Waals surface area (Å²) < 4.78 is 22.1. The highest BCUT2D eigenvalue weighted by atomic mass is 35.5. The molecule has 0 atom stereocenters. The molecule has 0 spiro atoms. The predicted octanol–water partition coefficient (Wildman–Crippen LogP) is 1.30. The van der Waals surface area contributed by atoms with E-state index in [9.17, 15) is 8.42 Å². The Bertz CT molecular complexity index is 448. The minimum absolute atomic E-state index is 0.113. The summed E-state index contributed by atoms with van der Waals surface area (Å²) in [4.78, 5) is 6.00. The van der Waals surface area contributed by atoms with Crippen LogP contribution >= 0.6 is 11.6 Å². The molecule has 1 heterocycles. The molecule has 1 rings (SSSR count). The van der Waals surface area contributed by atoms with E-state index in [-0.39, 0.29) is 5.75 Å². The van der Waals surface area contributed by atoms with Crippen molar-refractivity contribution in [2.24, 2.45) is 0 Å².